The predicted molar refractivity (Wildman–Crippen MR) is 124 cm³/mol. The SMILES string of the molecule is Brc1cc(Sc2ccccc2)cc(N2c3ccccc3Sc3ccccc32)c1. The van der Waals surface area contributed by atoms with E-state index < -0.39 is 0 Å². The molecule has 0 saturated carbocycles. The van der Waals surface area contributed by atoms with Crippen molar-refractivity contribution in [3.05, 3.63) is 102 Å². The zero-order chi connectivity index (χ0) is 18.9. The molecule has 0 N–H and O–H groups in total. The Kier molecular flexibility index (Phi) is 4.93. The molecule has 0 aliphatic carbocycles. The summed E-state index contributed by atoms with van der Waals surface area (Å²) in [7, 11) is 0. The second kappa shape index (κ2) is 7.70. The summed E-state index contributed by atoms with van der Waals surface area (Å²) in [6.07, 6.45) is 0. The van der Waals surface area contributed by atoms with E-state index in [1.165, 1.54) is 31.0 Å². The average molecular weight is 462 g/mol. The molecule has 0 spiro atoms. The van der Waals surface area contributed by atoms with Crippen LogP contribution in [0.5, 0.6) is 0 Å². The molecule has 5 rings (SSSR count). The molecular weight excluding hydrogens is 446 g/mol. The summed E-state index contributed by atoms with van der Waals surface area (Å²) >= 11 is 7.34. The molecule has 0 atom stereocenters. The van der Waals surface area contributed by atoms with Crippen molar-refractivity contribution >= 4 is 56.5 Å². The first-order chi connectivity index (χ1) is 13.8. The van der Waals surface area contributed by atoms with Gasteiger partial charge in [-0.2, -0.15) is 0 Å². The van der Waals surface area contributed by atoms with E-state index in [1.54, 1.807) is 11.8 Å². The van der Waals surface area contributed by atoms with Crippen LogP contribution in [0.2, 0.25) is 0 Å². The molecule has 0 fully saturated rings. The first-order valence-corrected chi connectivity index (χ1v) is 11.4. The number of halogens is 1. The van der Waals surface area contributed by atoms with E-state index in [0.29, 0.717) is 0 Å². The normalized spacial score (nSPS) is 12.4. The summed E-state index contributed by atoms with van der Waals surface area (Å²) in [6, 6.07) is 34.4. The Bertz CT molecular complexity index is 1100. The van der Waals surface area contributed by atoms with Crippen LogP contribution in [0, 0.1) is 0 Å². The molecule has 4 aromatic rings. The summed E-state index contributed by atoms with van der Waals surface area (Å²) in [5.74, 6) is 0. The fourth-order valence-corrected chi connectivity index (χ4v) is 5.96. The smallest absolute Gasteiger partial charge is 0.0601 e. The first kappa shape index (κ1) is 17.9. The molecule has 4 aromatic carbocycles. The number of rotatable bonds is 3. The highest BCUT2D eigenvalue weighted by Gasteiger charge is 2.24. The van der Waals surface area contributed by atoms with Gasteiger partial charge < -0.3 is 4.90 Å². The number of fused-ring (bicyclic) bond motifs is 2. The maximum absolute atomic E-state index is 3.73. The van der Waals surface area contributed by atoms with Crippen molar-refractivity contribution in [1.29, 1.82) is 0 Å². The van der Waals surface area contributed by atoms with E-state index in [0.717, 1.165) is 10.2 Å². The Labute approximate surface area is 181 Å². The fourth-order valence-electron chi connectivity index (χ4n) is 3.34. The molecule has 0 saturated heterocycles. The Hall–Kier alpha value is -2.14. The van der Waals surface area contributed by atoms with Crippen molar-refractivity contribution in [2.75, 3.05) is 4.90 Å². The second-order valence-corrected chi connectivity index (χ2v) is 9.58. The maximum atomic E-state index is 3.73. The average Bonchev–Trinajstić information content (AvgIpc) is 2.72. The molecule has 1 aliphatic rings. The molecule has 0 unspecified atom stereocenters. The third-order valence-electron chi connectivity index (χ3n) is 4.53. The Morgan fingerprint density at radius 2 is 1.25 bits per heavy atom. The first-order valence-electron chi connectivity index (χ1n) is 8.97. The third-order valence-corrected chi connectivity index (χ3v) is 7.09. The molecule has 4 heteroatoms. The number of nitrogens with zero attached hydrogens (tertiary/aromatic N) is 1. The second-order valence-electron chi connectivity index (χ2n) is 6.43. The van der Waals surface area contributed by atoms with Crippen molar-refractivity contribution in [3.63, 3.8) is 0 Å². The molecule has 28 heavy (non-hydrogen) atoms. The molecule has 1 nitrogen and oxygen atoms in total. The summed E-state index contributed by atoms with van der Waals surface area (Å²) in [6.45, 7) is 0. The van der Waals surface area contributed by atoms with Gasteiger partial charge in [0, 0.05) is 29.7 Å². The molecule has 0 radical (unpaired) electrons. The number of benzene rings is 4. The van der Waals surface area contributed by atoms with Crippen LogP contribution >= 0.6 is 39.5 Å². The zero-order valence-electron chi connectivity index (χ0n) is 14.9. The molecule has 136 valence electrons. The van der Waals surface area contributed by atoms with Crippen molar-refractivity contribution in [3.8, 4) is 0 Å². The van der Waals surface area contributed by atoms with E-state index in [4.69, 9.17) is 0 Å². The highest BCUT2D eigenvalue weighted by molar-refractivity contribution is 9.10. The van der Waals surface area contributed by atoms with E-state index in [2.05, 4.69) is 118 Å². The standard InChI is InChI=1S/C24H16BrNS2/c25-17-14-18(16-20(15-17)27-19-8-2-1-3-9-19)26-21-10-4-6-12-23(21)28-24-13-7-5-11-22(24)26/h1-16H. The third kappa shape index (κ3) is 3.48. The van der Waals surface area contributed by atoms with Crippen LogP contribution < -0.4 is 4.90 Å². The topological polar surface area (TPSA) is 3.24 Å². The van der Waals surface area contributed by atoms with Gasteiger partial charge in [0.05, 0.1) is 11.4 Å². The van der Waals surface area contributed by atoms with E-state index in [-0.39, 0.29) is 0 Å². The van der Waals surface area contributed by atoms with Crippen LogP contribution in [-0.4, -0.2) is 0 Å². The van der Waals surface area contributed by atoms with Crippen molar-refractivity contribution in [2.24, 2.45) is 0 Å². The summed E-state index contributed by atoms with van der Waals surface area (Å²) in [5.41, 5.74) is 3.60. The Morgan fingerprint density at radius 1 is 0.643 bits per heavy atom. The minimum absolute atomic E-state index is 1.08. The lowest BCUT2D eigenvalue weighted by Gasteiger charge is -2.33. The van der Waals surface area contributed by atoms with Gasteiger partial charge in [0.25, 0.3) is 0 Å². The van der Waals surface area contributed by atoms with Gasteiger partial charge in [-0.15, -0.1) is 0 Å². The Balaban J connectivity index is 1.63. The molecule has 0 aromatic heterocycles. The van der Waals surface area contributed by atoms with Crippen LogP contribution in [0.15, 0.2) is 121 Å². The van der Waals surface area contributed by atoms with Crippen LogP contribution in [-0.2, 0) is 0 Å². The molecule has 0 amide bonds. The van der Waals surface area contributed by atoms with Gasteiger partial charge in [-0.05, 0) is 54.6 Å². The molecule has 0 bridgehead atoms. The number of para-hydroxylation sites is 2. The van der Waals surface area contributed by atoms with Gasteiger partial charge in [0.15, 0.2) is 0 Å². The lowest BCUT2D eigenvalue weighted by Crippen LogP contribution is -2.14. The summed E-state index contributed by atoms with van der Waals surface area (Å²) < 4.78 is 1.08. The van der Waals surface area contributed by atoms with Gasteiger partial charge in [0.1, 0.15) is 0 Å². The van der Waals surface area contributed by atoms with Gasteiger partial charge in [-0.25, -0.2) is 0 Å². The molecule has 1 aliphatic heterocycles. The minimum atomic E-state index is 1.08. The lowest BCUT2D eigenvalue weighted by molar-refractivity contribution is 1.16. The Morgan fingerprint density at radius 3 is 1.93 bits per heavy atom. The summed E-state index contributed by atoms with van der Waals surface area (Å²) in [4.78, 5) is 7.36. The van der Waals surface area contributed by atoms with Crippen molar-refractivity contribution in [1.82, 2.24) is 0 Å². The van der Waals surface area contributed by atoms with Gasteiger partial charge >= 0.3 is 0 Å². The fraction of sp³-hybridized carbons (Fsp3) is 0. The number of anilines is 3. The predicted octanol–water partition coefficient (Wildman–Crippen LogP) is 8.53. The number of hydrogen-bond donors (Lipinski definition) is 0. The highest BCUT2D eigenvalue weighted by atomic mass is 79.9. The molecular formula is C24H16BrNS2. The highest BCUT2D eigenvalue weighted by Crippen LogP contribution is 2.51. The van der Waals surface area contributed by atoms with Crippen molar-refractivity contribution < 1.29 is 0 Å². The van der Waals surface area contributed by atoms with E-state index in [1.807, 2.05) is 11.8 Å². The lowest BCUT2D eigenvalue weighted by atomic mass is 10.2. The van der Waals surface area contributed by atoms with Gasteiger partial charge in [-0.3, -0.25) is 0 Å². The van der Waals surface area contributed by atoms with Crippen LogP contribution in [0.3, 0.4) is 0 Å². The maximum Gasteiger partial charge on any atom is 0.0601 e. The molecule has 1 heterocycles. The van der Waals surface area contributed by atoms with Gasteiger partial charge in [0.2, 0.25) is 0 Å². The minimum Gasteiger partial charge on any atom is -0.308 e. The van der Waals surface area contributed by atoms with E-state index >= 15 is 0 Å². The monoisotopic (exact) mass is 461 g/mol. The quantitative estimate of drug-likeness (QED) is 0.265. The number of hydrogen-bond acceptors (Lipinski definition) is 3. The van der Waals surface area contributed by atoms with Crippen LogP contribution in [0.25, 0.3) is 0 Å². The van der Waals surface area contributed by atoms with Crippen LogP contribution in [0.1, 0.15) is 0 Å². The summed E-state index contributed by atoms with van der Waals surface area (Å²) in [5, 5.41) is 0. The zero-order valence-corrected chi connectivity index (χ0v) is 18.1. The van der Waals surface area contributed by atoms with E-state index in [9.17, 15) is 0 Å². The van der Waals surface area contributed by atoms with Gasteiger partial charge in [-0.1, -0.05) is 81.9 Å². The largest absolute Gasteiger partial charge is 0.308 e. The van der Waals surface area contributed by atoms with Crippen LogP contribution in [0.4, 0.5) is 17.1 Å². The van der Waals surface area contributed by atoms with Crippen molar-refractivity contribution in [2.45, 2.75) is 19.6 Å².